The number of carbonyl (C=O) groups is 1. The monoisotopic (exact) mass is 203 g/mol. The Kier molecular flexibility index (Phi) is 4.04. The molecular weight excluding hydrogens is 186 g/mol. The number of halogens is 1. The average Bonchev–Trinajstić information content (AvgIpc) is 2.17. The molecule has 1 amide bonds. The molecule has 0 saturated carbocycles. The molecule has 0 spiro atoms. The highest BCUT2D eigenvalue weighted by atomic mass is 35.5. The Balaban J connectivity index is 2.40. The number of alkyl halides is 1. The zero-order valence-corrected chi connectivity index (χ0v) is 9.18. The van der Waals surface area contributed by atoms with Crippen LogP contribution in [0.1, 0.15) is 33.1 Å². The van der Waals surface area contributed by atoms with Crippen molar-refractivity contribution in [3.05, 3.63) is 0 Å². The van der Waals surface area contributed by atoms with Crippen molar-refractivity contribution < 1.29 is 4.79 Å². The number of hydrogen-bond donors (Lipinski definition) is 0. The minimum Gasteiger partial charge on any atom is -0.341 e. The molecule has 1 heterocycles. The fourth-order valence-corrected chi connectivity index (χ4v) is 1.74. The second-order valence-electron chi connectivity index (χ2n) is 3.88. The summed E-state index contributed by atoms with van der Waals surface area (Å²) in [7, 11) is 0. The van der Waals surface area contributed by atoms with Crippen molar-refractivity contribution >= 4 is 17.5 Å². The smallest absolute Gasteiger partial charge is 0.240 e. The number of likely N-dealkylation sites (tertiary alicyclic amines) is 1. The number of rotatable bonds is 2. The molecule has 0 N–H and O–H groups in total. The number of piperidine rings is 1. The second-order valence-corrected chi connectivity index (χ2v) is 4.41. The van der Waals surface area contributed by atoms with E-state index >= 15 is 0 Å². The van der Waals surface area contributed by atoms with Crippen LogP contribution in [0.2, 0.25) is 0 Å². The van der Waals surface area contributed by atoms with Crippen LogP contribution in [0.5, 0.6) is 0 Å². The Morgan fingerprint density at radius 2 is 2.08 bits per heavy atom. The van der Waals surface area contributed by atoms with E-state index in [1.165, 1.54) is 0 Å². The summed E-state index contributed by atoms with van der Waals surface area (Å²) in [5, 5.41) is -0.312. The predicted molar refractivity (Wildman–Crippen MR) is 54.9 cm³/mol. The first-order valence-corrected chi connectivity index (χ1v) is 5.51. The topological polar surface area (TPSA) is 20.3 Å². The van der Waals surface area contributed by atoms with Crippen molar-refractivity contribution in [2.75, 3.05) is 13.1 Å². The van der Waals surface area contributed by atoms with Crippen LogP contribution in [0.15, 0.2) is 0 Å². The van der Waals surface area contributed by atoms with E-state index in [4.69, 9.17) is 11.6 Å². The molecule has 1 fully saturated rings. The lowest BCUT2D eigenvalue weighted by Crippen LogP contribution is -2.41. The molecule has 0 bridgehead atoms. The molecule has 1 atom stereocenters. The highest BCUT2D eigenvalue weighted by Gasteiger charge is 2.24. The number of nitrogens with zero attached hydrogens (tertiary/aromatic N) is 1. The van der Waals surface area contributed by atoms with Gasteiger partial charge in [-0.3, -0.25) is 4.79 Å². The van der Waals surface area contributed by atoms with E-state index in [1.54, 1.807) is 0 Å². The van der Waals surface area contributed by atoms with Gasteiger partial charge in [0.25, 0.3) is 0 Å². The second kappa shape index (κ2) is 4.85. The zero-order valence-electron chi connectivity index (χ0n) is 8.42. The van der Waals surface area contributed by atoms with Gasteiger partial charge in [-0.15, -0.1) is 11.6 Å². The largest absolute Gasteiger partial charge is 0.341 e. The Morgan fingerprint density at radius 3 is 2.54 bits per heavy atom. The number of carbonyl (C=O) groups excluding carboxylic acids is 1. The van der Waals surface area contributed by atoms with E-state index in [9.17, 15) is 4.79 Å². The highest BCUT2D eigenvalue weighted by Crippen LogP contribution is 2.18. The van der Waals surface area contributed by atoms with Crippen LogP contribution in [0, 0.1) is 5.92 Å². The van der Waals surface area contributed by atoms with E-state index in [0.717, 1.165) is 38.3 Å². The molecule has 1 aliphatic heterocycles. The minimum absolute atomic E-state index is 0.121. The van der Waals surface area contributed by atoms with Crippen molar-refractivity contribution in [1.82, 2.24) is 4.90 Å². The Labute approximate surface area is 85.2 Å². The summed E-state index contributed by atoms with van der Waals surface area (Å²) in [6.45, 7) is 5.97. The fourth-order valence-electron chi connectivity index (χ4n) is 1.60. The molecule has 2 nitrogen and oxygen atoms in total. The van der Waals surface area contributed by atoms with Gasteiger partial charge < -0.3 is 4.90 Å². The van der Waals surface area contributed by atoms with Crippen LogP contribution in [-0.4, -0.2) is 29.3 Å². The summed E-state index contributed by atoms with van der Waals surface area (Å²) >= 11 is 5.89. The van der Waals surface area contributed by atoms with Crippen molar-refractivity contribution in [2.45, 2.75) is 38.5 Å². The van der Waals surface area contributed by atoms with Gasteiger partial charge in [0.2, 0.25) is 5.91 Å². The third-order valence-corrected chi connectivity index (χ3v) is 3.22. The molecule has 0 aromatic carbocycles. The van der Waals surface area contributed by atoms with E-state index < -0.39 is 0 Å². The Bertz CT molecular complexity index is 176. The SMILES string of the molecule is CC[C@H](Cl)C(=O)N1CCC(C)CC1. The fraction of sp³-hybridized carbons (Fsp3) is 0.900. The van der Waals surface area contributed by atoms with Gasteiger partial charge in [0.1, 0.15) is 5.38 Å². The molecule has 1 rings (SSSR count). The first kappa shape index (κ1) is 10.8. The molecule has 3 heteroatoms. The van der Waals surface area contributed by atoms with Crippen LogP contribution in [0.3, 0.4) is 0 Å². The molecule has 1 aliphatic rings. The van der Waals surface area contributed by atoms with Gasteiger partial charge >= 0.3 is 0 Å². The summed E-state index contributed by atoms with van der Waals surface area (Å²) in [6, 6.07) is 0. The summed E-state index contributed by atoms with van der Waals surface area (Å²) < 4.78 is 0. The first-order chi connectivity index (χ1) is 6.15. The van der Waals surface area contributed by atoms with Crippen molar-refractivity contribution in [3.63, 3.8) is 0 Å². The quantitative estimate of drug-likeness (QED) is 0.631. The van der Waals surface area contributed by atoms with Gasteiger partial charge in [-0.2, -0.15) is 0 Å². The van der Waals surface area contributed by atoms with Gasteiger partial charge in [0, 0.05) is 13.1 Å². The minimum atomic E-state index is -0.312. The average molecular weight is 204 g/mol. The first-order valence-electron chi connectivity index (χ1n) is 5.08. The number of amides is 1. The van der Waals surface area contributed by atoms with Gasteiger partial charge in [0.15, 0.2) is 0 Å². The summed E-state index contributed by atoms with van der Waals surface area (Å²) in [6.07, 6.45) is 2.98. The highest BCUT2D eigenvalue weighted by molar-refractivity contribution is 6.30. The van der Waals surface area contributed by atoms with E-state index in [0.29, 0.717) is 0 Å². The lowest BCUT2D eigenvalue weighted by atomic mass is 9.99. The molecule has 13 heavy (non-hydrogen) atoms. The van der Waals surface area contributed by atoms with Crippen LogP contribution in [0.4, 0.5) is 0 Å². The van der Waals surface area contributed by atoms with Crippen LogP contribution >= 0.6 is 11.6 Å². The van der Waals surface area contributed by atoms with Crippen LogP contribution in [-0.2, 0) is 4.79 Å². The van der Waals surface area contributed by atoms with Gasteiger partial charge in [-0.25, -0.2) is 0 Å². The third kappa shape index (κ3) is 2.87. The molecule has 0 aromatic rings. The Hall–Kier alpha value is -0.240. The molecule has 0 radical (unpaired) electrons. The van der Waals surface area contributed by atoms with Crippen molar-refractivity contribution in [3.8, 4) is 0 Å². The van der Waals surface area contributed by atoms with Gasteiger partial charge in [-0.05, 0) is 25.2 Å². The predicted octanol–water partition coefficient (Wildman–Crippen LogP) is 2.26. The van der Waals surface area contributed by atoms with E-state index in [2.05, 4.69) is 6.92 Å². The normalized spacial score (nSPS) is 21.6. The van der Waals surface area contributed by atoms with Crippen LogP contribution < -0.4 is 0 Å². The molecule has 0 aliphatic carbocycles. The lowest BCUT2D eigenvalue weighted by Gasteiger charge is -2.31. The molecule has 0 aromatic heterocycles. The standard InChI is InChI=1S/C10H18ClNO/c1-3-9(11)10(13)12-6-4-8(2)5-7-12/h8-9H,3-7H2,1-2H3/t9-/m0/s1. The third-order valence-electron chi connectivity index (χ3n) is 2.72. The van der Waals surface area contributed by atoms with Crippen molar-refractivity contribution in [1.29, 1.82) is 0 Å². The van der Waals surface area contributed by atoms with Gasteiger partial charge in [-0.1, -0.05) is 13.8 Å². The summed E-state index contributed by atoms with van der Waals surface area (Å²) in [5.41, 5.74) is 0. The zero-order chi connectivity index (χ0) is 9.84. The Morgan fingerprint density at radius 1 is 1.54 bits per heavy atom. The maximum absolute atomic E-state index is 11.6. The summed E-state index contributed by atoms with van der Waals surface area (Å²) in [5.74, 6) is 0.885. The van der Waals surface area contributed by atoms with Gasteiger partial charge in [0.05, 0.1) is 0 Å². The molecular formula is C10H18ClNO. The van der Waals surface area contributed by atoms with Crippen molar-refractivity contribution in [2.24, 2.45) is 5.92 Å². The molecule has 0 unspecified atom stereocenters. The van der Waals surface area contributed by atoms with E-state index in [1.807, 2.05) is 11.8 Å². The summed E-state index contributed by atoms with van der Waals surface area (Å²) in [4.78, 5) is 13.5. The lowest BCUT2D eigenvalue weighted by molar-refractivity contribution is -0.132. The molecule has 76 valence electrons. The van der Waals surface area contributed by atoms with E-state index in [-0.39, 0.29) is 11.3 Å². The van der Waals surface area contributed by atoms with Crippen LogP contribution in [0.25, 0.3) is 0 Å². The maximum Gasteiger partial charge on any atom is 0.240 e. The molecule has 1 saturated heterocycles. The number of hydrogen-bond acceptors (Lipinski definition) is 1. The maximum atomic E-state index is 11.6.